The molecule has 0 bridgehead atoms. The van der Waals surface area contributed by atoms with Gasteiger partial charge in [-0.25, -0.2) is 0 Å². The summed E-state index contributed by atoms with van der Waals surface area (Å²) in [6.45, 7) is 10.2. The van der Waals surface area contributed by atoms with Gasteiger partial charge < -0.3 is 4.90 Å². The number of carbonyl (C=O) groups excluding carboxylic acids is 1. The van der Waals surface area contributed by atoms with E-state index in [-0.39, 0.29) is 6.04 Å². The van der Waals surface area contributed by atoms with E-state index in [9.17, 15) is 4.79 Å². The van der Waals surface area contributed by atoms with Gasteiger partial charge in [0.2, 0.25) is 5.91 Å². The van der Waals surface area contributed by atoms with E-state index >= 15 is 0 Å². The molecule has 1 amide bonds. The Labute approximate surface area is 85.3 Å². The second-order valence-electron chi connectivity index (χ2n) is 4.25. The fourth-order valence-electron chi connectivity index (χ4n) is 2.59. The molecule has 2 fully saturated rings. The Kier molecular flexibility index (Phi) is 2.22. The second kappa shape index (κ2) is 3.26. The molecule has 0 aromatic heterocycles. The van der Waals surface area contributed by atoms with Crippen molar-refractivity contribution in [3.05, 3.63) is 24.3 Å². The van der Waals surface area contributed by atoms with Crippen molar-refractivity contribution >= 4 is 5.91 Å². The van der Waals surface area contributed by atoms with Crippen molar-refractivity contribution in [2.45, 2.75) is 44.7 Å². The van der Waals surface area contributed by atoms with Crippen LogP contribution in [0.25, 0.3) is 0 Å². The first-order valence-corrected chi connectivity index (χ1v) is 5.33. The van der Waals surface area contributed by atoms with Gasteiger partial charge in [0, 0.05) is 12.5 Å². The Morgan fingerprint density at radius 3 is 2.86 bits per heavy atom. The van der Waals surface area contributed by atoms with Gasteiger partial charge in [0.15, 0.2) is 0 Å². The van der Waals surface area contributed by atoms with Crippen molar-refractivity contribution in [1.82, 2.24) is 4.90 Å². The zero-order valence-corrected chi connectivity index (χ0v) is 8.75. The van der Waals surface area contributed by atoms with E-state index in [0.29, 0.717) is 18.4 Å². The summed E-state index contributed by atoms with van der Waals surface area (Å²) >= 11 is 0. The standard InChI is InChI=1S/C12H17NO/c1-4-10-7-8(2)9(3)11-5-6-12(14)13(10)11/h10-11H,2-7H2,1H3. The SMILES string of the molecule is C=C1CC(CC)N2C(=O)CCC2C1=C. The number of carbonyl (C=O) groups is 1. The molecule has 2 atom stereocenters. The molecule has 0 radical (unpaired) electrons. The molecule has 0 saturated carbocycles. The Morgan fingerprint density at radius 2 is 2.21 bits per heavy atom. The number of hydrogen-bond acceptors (Lipinski definition) is 1. The smallest absolute Gasteiger partial charge is 0.223 e. The summed E-state index contributed by atoms with van der Waals surface area (Å²) in [4.78, 5) is 13.7. The molecule has 2 saturated heterocycles. The molecule has 14 heavy (non-hydrogen) atoms. The van der Waals surface area contributed by atoms with Crippen LogP contribution in [-0.2, 0) is 4.79 Å². The Balaban J connectivity index is 2.29. The van der Waals surface area contributed by atoms with Crippen LogP contribution in [-0.4, -0.2) is 22.9 Å². The lowest BCUT2D eigenvalue weighted by atomic mass is 9.87. The molecule has 0 aliphatic carbocycles. The highest BCUT2D eigenvalue weighted by atomic mass is 16.2. The fraction of sp³-hybridized carbons (Fsp3) is 0.583. The molecule has 0 spiro atoms. The Morgan fingerprint density at radius 1 is 1.50 bits per heavy atom. The number of fused-ring (bicyclic) bond motifs is 1. The Bertz CT molecular complexity index is 305. The summed E-state index contributed by atoms with van der Waals surface area (Å²) in [5.41, 5.74) is 2.23. The topological polar surface area (TPSA) is 20.3 Å². The van der Waals surface area contributed by atoms with Crippen molar-refractivity contribution in [2.24, 2.45) is 0 Å². The summed E-state index contributed by atoms with van der Waals surface area (Å²) in [5, 5.41) is 0. The molecular weight excluding hydrogens is 174 g/mol. The predicted octanol–water partition coefficient (Wildman–Crippen LogP) is 2.27. The third kappa shape index (κ3) is 1.21. The lowest BCUT2D eigenvalue weighted by Gasteiger charge is -2.40. The van der Waals surface area contributed by atoms with Crippen LogP contribution in [0, 0.1) is 0 Å². The number of piperidine rings is 1. The Hall–Kier alpha value is -1.05. The highest BCUT2D eigenvalue weighted by Gasteiger charge is 2.40. The molecular formula is C12H17NO. The maximum Gasteiger partial charge on any atom is 0.223 e. The first kappa shape index (κ1) is 9.50. The first-order chi connectivity index (χ1) is 6.65. The minimum absolute atomic E-state index is 0.258. The molecule has 2 rings (SSSR count). The lowest BCUT2D eigenvalue weighted by molar-refractivity contribution is -0.131. The van der Waals surface area contributed by atoms with Crippen molar-refractivity contribution < 1.29 is 4.79 Å². The maximum atomic E-state index is 11.7. The molecule has 76 valence electrons. The highest BCUT2D eigenvalue weighted by Crippen LogP contribution is 2.37. The molecule has 0 N–H and O–H groups in total. The van der Waals surface area contributed by atoms with Gasteiger partial charge in [0.05, 0.1) is 6.04 Å². The molecule has 2 aliphatic rings. The van der Waals surface area contributed by atoms with Gasteiger partial charge in [-0.1, -0.05) is 20.1 Å². The lowest BCUT2D eigenvalue weighted by Crippen LogP contribution is -2.46. The van der Waals surface area contributed by atoms with Gasteiger partial charge >= 0.3 is 0 Å². The van der Waals surface area contributed by atoms with Crippen LogP contribution in [0.4, 0.5) is 0 Å². The zero-order valence-electron chi connectivity index (χ0n) is 8.75. The van der Waals surface area contributed by atoms with Gasteiger partial charge in [-0.3, -0.25) is 4.79 Å². The number of hydrogen-bond donors (Lipinski definition) is 0. The number of amides is 1. The van der Waals surface area contributed by atoms with Crippen LogP contribution < -0.4 is 0 Å². The van der Waals surface area contributed by atoms with E-state index in [1.807, 2.05) is 4.90 Å². The second-order valence-corrected chi connectivity index (χ2v) is 4.25. The average Bonchev–Trinajstić information content (AvgIpc) is 2.55. The summed E-state index contributed by atoms with van der Waals surface area (Å²) in [6.07, 6.45) is 3.56. The minimum Gasteiger partial charge on any atom is -0.332 e. The van der Waals surface area contributed by atoms with Gasteiger partial charge in [-0.2, -0.15) is 0 Å². The van der Waals surface area contributed by atoms with Gasteiger partial charge in [0.1, 0.15) is 0 Å². The molecule has 2 nitrogen and oxygen atoms in total. The van der Waals surface area contributed by atoms with Gasteiger partial charge in [-0.05, 0) is 30.4 Å². The maximum absolute atomic E-state index is 11.7. The first-order valence-electron chi connectivity index (χ1n) is 5.33. The van der Waals surface area contributed by atoms with Crippen molar-refractivity contribution in [3.8, 4) is 0 Å². The highest BCUT2D eigenvalue weighted by molar-refractivity contribution is 5.80. The summed E-state index contributed by atoms with van der Waals surface area (Å²) in [7, 11) is 0. The average molecular weight is 191 g/mol. The molecule has 2 heterocycles. The van der Waals surface area contributed by atoms with E-state index < -0.39 is 0 Å². The molecule has 0 aromatic carbocycles. The van der Waals surface area contributed by atoms with E-state index in [2.05, 4.69) is 20.1 Å². The van der Waals surface area contributed by atoms with Crippen LogP contribution in [0.15, 0.2) is 24.3 Å². The number of nitrogens with zero attached hydrogens (tertiary/aromatic N) is 1. The summed E-state index contributed by atoms with van der Waals surface area (Å²) in [6, 6.07) is 0.627. The molecule has 2 unspecified atom stereocenters. The van der Waals surface area contributed by atoms with Crippen molar-refractivity contribution in [2.75, 3.05) is 0 Å². The third-order valence-corrected chi connectivity index (χ3v) is 3.46. The van der Waals surface area contributed by atoms with Crippen molar-refractivity contribution in [1.29, 1.82) is 0 Å². The normalized spacial score (nSPS) is 32.4. The quantitative estimate of drug-likeness (QED) is 0.622. The fourth-order valence-corrected chi connectivity index (χ4v) is 2.59. The number of rotatable bonds is 1. The largest absolute Gasteiger partial charge is 0.332 e. The predicted molar refractivity (Wildman–Crippen MR) is 56.8 cm³/mol. The molecule has 0 aromatic rings. The van der Waals surface area contributed by atoms with E-state index in [0.717, 1.165) is 30.4 Å². The van der Waals surface area contributed by atoms with Crippen LogP contribution in [0.2, 0.25) is 0 Å². The van der Waals surface area contributed by atoms with Crippen LogP contribution in [0.1, 0.15) is 32.6 Å². The summed E-state index contributed by atoms with van der Waals surface area (Å²) in [5.74, 6) is 0.301. The van der Waals surface area contributed by atoms with Crippen LogP contribution >= 0.6 is 0 Å². The van der Waals surface area contributed by atoms with E-state index in [4.69, 9.17) is 0 Å². The zero-order chi connectivity index (χ0) is 10.3. The van der Waals surface area contributed by atoms with Gasteiger partial charge in [-0.15, -0.1) is 0 Å². The van der Waals surface area contributed by atoms with Crippen molar-refractivity contribution in [3.63, 3.8) is 0 Å². The van der Waals surface area contributed by atoms with Gasteiger partial charge in [0.25, 0.3) is 0 Å². The summed E-state index contributed by atoms with van der Waals surface area (Å²) < 4.78 is 0. The monoisotopic (exact) mass is 191 g/mol. The minimum atomic E-state index is 0.258. The molecule has 2 aliphatic heterocycles. The third-order valence-electron chi connectivity index (χ3n) is 3.46. The van der Waals surface area contributed by atoms with Crippen LogP contribution in [0.3, 0.4) is 0 Å². The van der Waals surface area contributed by atoms with Crippen LogP contribution in [0.5, 0.6) is 0 Å². The molecule has 2 heteroatoms. The van der Waals surface area contributed by atoms with E-state index in [1.54, 1.807) is 0 Å². The van der Waals surface area contributed by atoms with E-state index in [1.165, 1.54) is 0 Å².